The highest BCUT2D eigenvalue weighted by molar-refractivity contribution is 6.30. The minimum Gasteiger partial charge on any atom is -0.470 e. The van der Waals surface area contributed by atoms with Crippen LogP contribution in [0.3, 0.4) is 0 Å². The van der Waals surface area contributed by atoms with Crippen LogP contribution in [-0.4, -0.2) is 16.9 Å². The molecule has 1 heterocycles. The smallest absolute Gasteiger partial charge is 0.416 e. The van der Waals surface area contributed by atoms with E-state index in [4.69, 9.17) is 26.8 Å². The average Bonchev–Trinajstić information content (AvgIpc) is 2.92. The van der Waals surface area contributed by atoms with Crippen molar-refractivity contribution in [3.05, 3.63) is 118 Å². The lowest BCUT2D eigenvalue weighted by molar-refractivity contribution is -0.153. The number of hydrogen-bond acceptors (Lipinski definition) is 6. The maximum atomic E-state index is 13.2. The van der Waals surface area contributed by atoms with E-state index in [0.717, 1.165) is 23.8 Å². The Morgan fingerprint density at radius 1 is 0.974 bits per heavy atom. The second-order valence-corrected chi connectivity index (χ2v) is 8.72. The lowest BCUT2D eigenvalue weighted by Gasteiger charge is -2.20. The molecule has 0 bridgehead atoms. The molecule has 3 aromatic carbocycles. The van der Waals surface area contributed by atoms with Crippen LogP contribution >= 0.6 is 11.6 Å². The van der Waals surface area contributed by atoms with Gasteiger partial charge in [-0.15, -0.1) is 0 Å². The first kappa shape index (κ1) is 27.5. The first-order valence-electron chi connectivity index (χ1n) is 11.5. The number of pyridine rings is 1. The molecular formula is C28H21ClF3N3O4. The summed E-state index contributed by atoms with van der Waals surface area (Å²) in [6, 6.07) is 20.4. The second-order valence-electron chi connectivity index (χ2n) is 8.29. The molecule has 11 heteroatoms. The van der Waals surface area contributed by atoms with Gasteiger partial charge in [0, 0.05) is 29.1 Å². The molecule has 1 amide bonds. The number of anilines is 2. The highest BCUT2D eigenvalue weighted by Gasteiger charge is 2.31. The van der Waals surface area contributed by atoms with Crippen LogP contribution in [0.15, 0.2) is 91.1 Å². The largest absolute Gasteiger partial charge is 0.470 e. The maximum Gasteiger partial charge on any atom is 0.416 e. The third-order valence-corrected chi connectivity index (χ3v) is 5.64. The van der Waals surface area contributed by atoms with Crippen molar-refractivity contribution in [1.29, 1.82) is 0 Å². The lowest BCUT2D eigenvalue weighted by Crippen LogP contribution is -2.22. The topological polar surface area (TPSA) is 104 Å². The number of alkyl halides is 3. The number of halogens is 4. The summed E-state index contributed by atoms with van der Waals surface area (Å²) in [5.41, 5.74) is 5.98. The van der Waals surface area contributed by atoms with Gasteiger partial charge in [0.25, 0.3) is 5.91 Å². The van der Waals surface area contributed by atoms with Gasteiger partial charge in [-0.25, -0.2) is 9.78 Å². The number of carbonyl (C=O) groups excluding carboxylic acids is 2. The summed E-state index contributed by atoms with van der Waals surface area (Å²) in [7, 11) is 0. The molecule has 0 unspecified atom stereocenters. The van der Waals surface area contributed by atoms with E-state index in [9.17, 15) is 22.8 Å². The second kappa shape index (κ2) is 11.9. The van der Waals surface area contributed by atoms with E-state index in [1.54, 1.807) is 30.3 Å². The zero-order valence-electron chi connectivity index (χ0n) is 20.1. The number of aromatic nitrogens is 1. The fourth-order valence-corrected chi connectivity index (χ4v) is 3.68. The van der Waals surface area contributed by atoms with Crippen LogP contribution in [0.1, 0.15) is 33.2 Å². The summed E-state index contributed by atoms with van der Waals surface area (Å²) in [5, 5.41) is 2.76. The van der Waals surface area contributed by atoms with E-state index in [1.807, 2.05) is 6.07 Å². The number of rotatable bonds is 8. The highest BCUT2D eigenvalue weighted by atomic mass is 35.5. The number of benzene rings is 3. The van der Waals surface area contributed by atoms with Crippen molar-refractivity contribution in [3.8, 4) is 5.75 Å². The summed E-state index contributed by atoms with van der Waals surface area (Å²) in [6.07, 6.45) is -4.63. The number of nitrogens with two attached hydrogens (primary N) is 1. The van der Waals surface area contributed by atoms with Gasteiger partial charge >= 0.3 is 12.1 Å². The molecule has 39 heavy (non-hydrogen) atoms. The van der Waals surface area contributed by atoms with Crippen LogP contribution in [-0.2, 0) is 22.3 Å². The molecule has 0 spiro atoms. The Kier molecular flexibility index (Phi) is 8.36. The summed E-state index contributed by atoms with van der Waals surface area (Å²) in [5.74, 6) is -1.53. The molecule has 0 aliphatic heterocycles. The number of esters is 1. The van der Waals surface area contributed by atoms with Crippen LogP contribution in [0.4, 0.5) is 24.7 Å². The third-order valence-electron chi connectivity index (χ3n) is 5.43. The van der Waals surface area contributed by atoms with E-state index in [-0.39, 0.29) is 40.0 Å². The van der Waals surface area contributed by atoms with E-state index < -0.39 is 29.7 Å². The first-order valence-corrected chi connectivity index (χ1v) is 11.8. The highest BCUT2D eigenvalue weighted by Crippen LogP contribution is 2.32. The number of amides is 1. The SMILES string of the molecule is Nc1ncc(Cl)cc1O[C@@H](C(=O)OCc1ccccc1)c1cccc(NC(=O)c2cccc(C(F)(F)F)c2)c1. The molecule has 1 aromatic heterocycles. The third kappa shape index (κ3) is 7.26. The Bertz CT molecular complexity index is 1480. The number of carbonyl (C=O) groups is 2. The fourth-order valence-electron chi connectivity index (χ4n) is 3.53. The van der Waals surface area contributed by atoms with Crippen LogP contribution < -0.4 is 15.8 Å². The summed E-state index contributed by atoms with van der Waals surface area (Å²) < 4.78 is 50.6. The molecule has 0 saturated carbocycles. The molecule has 0 fully saturated rings. The van der Waals surface area contributed by atoms with E-state index in [2.05, 4.69) is 10.3 Å². The summed E-state index contributed by atoms with van der Waals surface area (Å²) in [4.78, 5) is 29.8. The van der Waals surface area contributed by atoms with Crippen molar-refractivity contribution in [2.75, 3.05) is 11.1 Å². The van der Waals surface area contributed by atoms with Crippen LogP contribution in [0.5, 0.6) is 5.75 Å². The molecule has 7 nitrogen and oxygen atoms in total. The number of nitrogens with one attached hydrogen (secondary N) is 1. The van der Waals surface area contributed by atoms with Gasteiger partial charge in [0.2, 0.25) is 6.10 Å². The Hall–Kier alpha value is -4.57. The standard InChI is InChI=1S/C28H21ClF3N3O4/c29-21-14-23(25(33)34-15-21)39-24(27(37)38-16-17-6-2-1-3-7-17)18-8-5-11-22(13-18)35-26(36)19-9-4-10-20(12-19)28(30,31)32/h1-15,24H,16H2,(H2,33,34)(H,35,36)/t24-/m1/s1. The molecule has 4 aromatic rings. The normalized spacial score (nSPS) is 11.9. The van der Waals surface area contributed by atoms with Crippen molar-refractivity contribution in [1.82, 2.24) is 4.98 Å². The zero-order valence-corrected chi connectivity index (χ0v) is 20.9. The molecule has 1 atom stereocenters. The van der Waals surface area contributed by atoms with Crippen molar-refractivity contribution < 1.29 is 32.2 Å². The van der Waals surface area contributed by atoms with Crippen molar-refractivity contribution in [2.24, 2.45) is 0 Å². The molecule has 3 N–H and O–H groups in total. The van der Waals surface area contributed by atoms with E-state index in [0.29, 0.717) is 0 Å². The number of ether oxygens (including phenoxy) is 2. The Morgan fingerprint density at radius 3 is 2.46 bits per heavy atom. The van der Waals surface area contributed by atoms with Gasteiger partial charge in [-0.3, -0.25) is 4.79 Å². The summed E-state index contributed by atoms with van der Waals surface area (Å²) in [6.45, 7) is -0.0330. The Morgan fingerprint density at radius 2 is 1.72 bits per heavy atom. The summed E-state index contributed by atoms with van der Waals surface area (Å²) >= 11 is 6.01. The van der Waals surface area contributed by atoms with Gasteiger partial charge in [-0.1, -0.05) is 60.1 Å². The van der Waals surface area contributed by atoms with E-state index >= 15 is 0 Å². The van der Waals surface area contributed by atoms with Gasteiger partial charge in [0.05, 0.1) is 10.6 Å². The zero-order chi connectivity index (χ0) is 28.0. The molecule has 0 saturated heterocycles. The molecule has 0 radical (unpaired) electrons. The Labute approximate surface area is 226 Å². The quantitative estimate of drug-likeness (QED) is 0.242. The molecule has 0 aliphatic carbocycles. The number of nitrogens with zero attached hydrogens (tertiary/aromatic N) is 1. The van der Waals surface area contributed by atoms with Crippen molar-refractivity contribution in [2.45, 2.75) is 18.9 Å². The van der Waals surface area contributed by atoms with Gasteiger partial charge in [0.1, 0.15) is 6.61 Å². The maximum absolute atomic E-state index is 13.2. The predicted molar refractivity (Wildman–Crippen MR) is 139 cm³/mol. The molecule has 200 valence electrons. The minimum absolute atomic E-state index is 0.0192. The fraction of sp³-hybridized carbons (Fsp3) is 0.107. The monoisotopic (exact) mass is 555 g/mol. The lowest BCUT2D eigenvalue weighted by atomic mass is 10.1. The van der Waals surface area contributed by atoms with Crippen molar-refractivity contribution in [3.63, 3.8) is 0 Å². The van der Waals surface area contributed by atoms with Gasteiger partial charge in [-0.2, -0.15) is 13.2 Å². The molecule has 0 aliphatic rings. The number of nitrogen functional groups attached to an aromatic ring is 1. The average molecular weight is 556 g/mol. The Balaban J connectivity index is 1.59. The van der Waals surface area contributed by atoms with E-state index in [1.165, 1.54) is 36.5 Å². The minimum atomic E-state index is -4.60. The van der Waals surface area contributed by atoms with Crippen LogP contribution in [0, 0.1) is 0 Å². The van der Waals surface area contributed by atoms with Crippen molar-refractivity contribution >= 4 is 35.0 Å². The van der Waals surface area contributed by atoms with Crippen LogP contribution in [0.2, 0.25) is 5.02 Å². The molecular weight excluding hydrogens is 535 g/mol. The first-order chi connectivity index (χ1) is 18.6. The number of hydrogen-bond donors (Lipinski definition) is 2. The van der Waals surface area contributed by atoms with Gasteiger partial charge in [0.15, 0.2) is 11.6 Å². The predicted octanol–water partition coefficient (Wildman–Crippen LogP) is 6.45. The van der Waals surface area contributed by atoms with Gasteiger partial charge < -0.3 is 20.5 Å². The van der Waals surface area contributed by atoms with Gasteiger partial charge in [-0.05, 0) is 35.9 Å². The molecule has 4 rings (SSSR count). The van der Waals surface area contributed by atoms with Crippen LogP contribution in [0.25, 0.3) is 0 Å².